The third-order valence-corrected chi connectivity index (χ3v) is 3.06. The largest absolute Gasteiger partial charge is 0.378 e. The molecular weight excluding hydrogens is 224 g/mol. The number of benzene rings is 1. The number of halogens is 2. The fourth-order valence-electron chi connectivity index (χ4n) is 2.00. The number of hydrogen-bond donors (Lipinski definition) is 1. The number of aryl methyl sites for hydroxylation is 1. The van der Waals surface area contributed by atoms with Crippen LogP contribution in [0.4, 0.5) is 14.5 Å². The summed E-state index contributed by atoms with van der Waals surface area (Å²) in [6, 6.07) is 2.72. The molecule has 1 aromatic carbocycles. The van der Waals surface area contributed by atoms with Gasteiger partial charge in [0, 0.05) is 13.2 Å². The topological polar surface area (TPSA) is 21.3 Å². The highest BCUT2D eigenvalue weighted by atomic mass is 19.1. The average Bonchev–Trinajstić information content (AvgIpc) is 2.35. The molecule has 0 aromatic heterocycles. The Labute approximate surface area is 100.0 Å². The lowest BCUT2D eigenvalue weighted by Crippen LogP contribution is -2.27. The Morgan fingerprint density at radius 3 is 2.88 bits per heavy atom. The van der Waals surface area contributed by atoms with Gasteiger partial charge in [-0.2, -0.15) is 0 Å². The lowest BCUT2D eigenvalue weighted by molar-refractivity contribution is 0.0247. The highest BCUT2D eigenvalue weighted by Gasteiger charge is 2.16. The number of hydrogen-bond acceptors (Lipinski definition) is 2. The minimum Gasteiger partial charge on any atom is -0.378 e. The van der Waals surface area contributed by atoms with Gasteiger partial charge in [-0.15, -0.1) is 0 Å². The zero-order chi connectivity index (χ0) is 12.3. The normalized spacial score (nSPS) is 20.3. The van der Waals surface area contributed by atoms with Crippen LogP contribution in [-0.4, -0.2) is 19.3 Å². The average molecular weight is 241 g/mol. The monoisotopic (exact) mass is 241 g/mol. The molecule has 1 aromatic rings. The third-order valence-electron chi connectivity index (χ3n) is 3.06. The summed E-state index contributed by atoms with van der Waals surface area (Å²) in [6.07, 6.45) is 3.19. The van der Waals surface area contributed by atoms with Gasteiger partial charge in [0.25, 0.3) is 0 Å². The lowest BCUT2D eigenvalue weighted by atomic mass is 10.1. The van der Waals surface area contributed by atoms with E-state index in [4.69, 9.17) is 4.74 Å². The number of ether oxygens (including phenoxy) is 1. The molecule has 1 aliphatic heterocycles. The molecule has 1 unspecified atom stereocenters. The van der Waals surface area contributed by atoms with Gasteiger partial charge in [-0.1, -0.05) is 6.07 Å². The molecule has 0 aliphatic carbocycles. The molecule has 2 nitrogen and oxygen atoms in total. The van der Waals surface area contributed by atoms with Crippen LogP contribution in [-0.2, 0) is 4.74 Å². The second-order valence-corrected chi connectivity index (χ2v) is 4.42. The molecule has 94 valence electrons. The summed E-state index contributed by atoms with van der Waals surface area (Å²) < 4.78 is 32.6. The summed E-state index contributed by atoms with van der Waals surface area (Å²) in [4.78, 5) is 0. The van der Waals surface area contributed by atoms with Gasteiger partial charge < -0.3 is 10.1 Å². The Bertz CT molecular complexity index is 389. The minimum atomic E-state index is -0.552. The standard InChI is InChI=1S/C13H17F2NO/c1-9-5-6-11(14)13(12(9)15)16-8-10-4-2-3-7-17-10/h5-6,10,16H,2-4,7-8H2,1H3. The number of rotatable bonds is 3. The highest BCUT2D eigenvalue weighted by Crippen LogP contribution is 2.22. The molecule has 0 radical (unpaired) electrons. The lowest BCUT2D eigenvalue weighted by Gasteiger charge is -2.23. The van der Waals surface area contributed by atoms with Crippen LogP contribution >= 0.6 is 0 Å². The van der Waals surface area contributed by atoms with Crippen LogP contribution in [0.2, 0.25) is 0 Å². The SMILES string of the molecule is Cc1ccc(F)c(NCC2CCCCO2)c1F. The van der Waals surface area contributed by atoms with Crippen molar-refractivity contribution < 1.29 is 13.5 Å². The second-order valence-electron chi connectivity index (χ2n) is 4.42. The van der Waals surface area contributed by atoms with Crippen molar-refractivity contribution in [2.24, 2.45) is 0 Å². The maximum Gasteiger partial charge on any atom is 0.152 e. The number of nitrogens with one attached hydrogen (secondary N) is 1. The quantitative estimate of drug-likeness (QED) is 0.877. The first-order chi connectivity index (χ1) is 8.18. The predicted octanol–water partition coefficient (Wildman–Crippen LogP) is 3.25. The van der Waals surface area contributed by atoms with Gasteiger partial charge in [0.15, 0.2) is 5.82 Å². The first kappa shape index (κ1) is 12.3. The van der Waals surface area contributed by atoms with Crippen molar-refractivity contribution in [2.75, 3.05) is 18.5 Å². The zero-order valence-electron chi connectivity index (χ0n) is 9.93. The molecule has 1 aliphatic rings. The third kappa shape index (κ3) is 2.94. The molecule has 1 atom stereocenters. The van der Waals surface area contributed by atoms with Gasteiger partial charge in [0.2, 0.25) is 0 Å². The molecule has 1 saturated heterocycles. The molecule has 4 heteroatoms. The minimum absolute atomic E-state index is 0.0424. The smallest absolute Gasteiger partial charge is 0.152 e. The van der Waals surface area contributed by atoms with Crippen LogP contribution in [0, 0.1) is 18.6 Å². The van der Waals surface area contributed by atoms with E-state index >= 15 is 0 Å². The first-order valence-corrected chi connectivity index (χ1v) is 5.98. The second kappa shape index (κ2) is 5.45. The molecule has 0 bridgehead atoms. The van der Waals surface area contributed by atoms with Crippen molar-refractivity contribution in [3.63, 3.8) is 0 Å². The molecule has 0 amide bonds. The summed E-state index contributed by atoms with van der Waals surface area (Å²) in [5.41, 5.74) is 0.401. The van der Waals surface area contributed by atoms with Crippen molar-refractivity contribution in [1.82, 2.24) is 0 Å². The highest BCUT2D eigenvalue weighted by molar-refractivity contribution is 5.49. The Morgan fingerprint density at radius 1 is 1.35 bits per heavy atom. The van der Waals surface area contributed by atoms with Gasteiger partial charge in [0.1, 0.15) is 11.5 Å². The Balaban J connectivity index is 2.00. The Morgan fingerprint density at radius 2 is 2.18 bits per heavy atom. The van der Waals surface area contributed by atoms with Crippen molar-refractivity contribution in [3.05, 3.63) is 29.3 Å². The van der Waals surface area contributed by atoms with Crippen molar-refractivity contribution in [3.8, 4) is 0 Å². The fraction of sp³-hybridized carbons (Fsp3) is 0.538. The molecule has 0 saturated carbocycles. The fourth-order valence-corrected chi connectivity index (χ4v) is 2.00. The van der Waals surface area contributed by atoms with Crippen molar-refractivity contribution in [2.45, 2.75) is 32.3 Å². The summed E-state index contributed by atoms with van der Waals surface area (Å²) in [5, 5.41) is 2.82. The van der Waals surface area contributed by atoms with Crippen LogP contribution < -0.4 is 5.32 Å². The van der Waals surface area contributed by atoms with E-state index in [0.717, 1.165) is 25.9 Å². The van der Waals surface area contributed by atoms with E-state index < -0.39 is 11.6 Å². The summed E-state index contributed by atoms with van der Waals surface area (Å²) in [6.45, 7) is 2.82. The first-order valence-electron chi connectivity index (χ1n) is 5.98. The van der Waals surface area contributed by atoms with Gasteiger partial charge in [0.05, 0.1) is 6.10 Å². The summed E-state index contributed by atoms with van der Waals surface area (Å²) >= 11 is 0. The van der Waals surface area contributed by atoms with Gasteiger partial charge >= 0.3 is 0 Å². The van der Waals surface area contributed by atoms with Crippen LogP contribution in [0.3, 0.4) is 0 Å². The van der Waals surface area contributed by atoms with Gasteiger partial charge in [-0.25, -0.2) is 8.78 Å². The van der Waals surface area contributed by atoms with E-state index in [1.165, 1.54) is 12.1 Å². The van der Waals surface area contributed by atoms with E-state index in [9.17, 15) is 8.78 Å². The van der Waals surface area contributed by atoms with Crippen LogP contribution in [0.5, 0.6) is 0 Å². The molecule has 1 N–H and O–H groups in total. The van der Waals surface area contributed by atoms with Crippen molar-refractivity contribution >= 4 is 5.69 Å². The van der Waals surface area contributed by atoms with Gasteiger partial charge in [-0.3, -0.25) is 0 Å². The molecular formula is C13H17F2NO. The van der Waals surface area contributed by atoms with Gasteiger partial charge in [-0.05, 0) is 37.8 Å². The van der Waals surface area contributed by atoms with Crippen LogP contribution in [0.15, 0.2) is 12.1 Å². The van der Waals surface area contributed by atoms with Crippen LogP contribution in [0.25, 0.3) is 0 Å². The van der Waals surface area contributed by atoms with E-state index in [-0.39, 0.29) is 11.8 Å². The van der Waals surface area contributed by atoms with E-state index in [0.29, 0.717) is 12.1 Å². The molecule has 2 rings (SSSR count). The number of anilines is 1. The molecule has 1 heterocycles. The van der Waals surface area contributed by atoms with E-state index in [1.54, 1.807) is 6.92 Å². The summed E-state index contributed by atoms with van der Waals surface area (Å²) in [5.74, 6) is -1.07. The Kier molecular flexibility index (Phi) is 3.94. The Hall–Kier alpha value is -1.16. The zero-order valence-corrected chi connectivity index (χ0v) is 9.93. The maximum atomic E-state index is 13.7. The molecule has 17 heavy (non-hydrogen) atoms. The van der Waals surface area contributed by atoms with Crippen molar-refractivity contribution in [1.29, 1.82) is 0 Å². The molecule has 0 spiro atoms. The summed E-state index contributed by atoms with van der Waals surface area (Å²) in [7, 11) is 0. The van der Waals surface area contributed by atoms with E-state index in [1.807, 2.05) is 0 Å². The van der Waals surface area contributed by atoms with Crippen LogP contribution in [0.1, 0.15) is 24.8 Å². The molecule has 1 fully saturated rings. The van der Waals surface area contributed by atoms with E-state index in [2.05, 4.69) is 5.32 Å². The maximum absolute atomic E-state index is 13.7. The predicted molar refractivity (Wildman–Crippen MR) is 63.2 cm³/mol.